The van der Waals surface area contributed by atoms with E-state index >= 15 is 0 Å². The molecule has 9 nitrogen and oxygen atoms in total. The lowest BCUT2D eigenvalue weighted by atomic mass is 9.84. The number of esters is 1. The smallest absolute Gasteiger partial charge is 0.338 e. The van der Waals surface area contributed by atoms with Crippen molar-refractivity contribution >= 4 is 17.8 Å². The highest BCUT2D eigenvalue weighted by Gasteiger charge is 2.48. The molecule has 48 heavy (non-hydrogen) atoms. The van der Waals surface area contributed by atoms with Gasteiger partial charge in [0.2, 0.25) is 17.6 Å². The van der Waals surface area contributed by atoms with Crippen molar-refractivity contribution in [3.8, 4) is 16.9 Å². The Kier molecular flexibility index (Phi) is 12.0. The lowest BCUT2D eigenvalue weighted by Gasteiger charge is -2.33. The average Bonchev–Trinajstić information content (AvgIpc) is 3.32. The largest absolute Gasteiger partial charge is 0.497 e. The molecule has 3 aromatic carbocycles. The van der Waals surface area contributed by atoms with E-state index in [1.807, 2.05) is 69.3 Å². The van der Waals surface area contributed by atoms with E-state index in [1.54, 1.807) is 28.1 Å². The Hall–Kier alpha value is -4.21. The Morgan fingerprint density at radius 1 is 0.938 bits per heavy atom. The number of benzene rings is 3. The van der Waals surface area contributed by atoms with Crippen molar-refractivity contribution in [2.45, 2.75) is 84.8 Å². The first kappa shape index (κ1) is 36.6. The molecule has 258 valence electrons. The van der Waals surface area contributed by atoms with E-state index in [2.05, 4.69) is 41.8 Å². The van der Waals surface area contributed by atoms with Gasteiger partial charge in [-0.05, 0) is 71.6 Å². The molecule has 1 heterocycles. The third-order valence-corrected chi connectivity index (χ3v) is 8.61. The Bertz CT molecular complexity index is 1560. The molecule has 0 spiro atoms. The second kappa shape index (κ2) is 15.8. The highest BCUT2D eigenvalue weighted by atomic mass is 16.8. The Morgan fingerprint density at radius 3 is 2.27 bits per heavy atom. The first-order valence-electron chi connectivity index (χ1n) is 16.5. The number of ether oxygens (including phenoxy) is 4. The summed E-state index contributed by atoms with van der Waals surface area (Å²) in [6.07, 6.45) is 0.562. The zero-order chi connectivity index (χ0) is 35.1. The van der Waals surface area contributed by atoms with Gasteiger partial charge in [0, 0.05) is 21.0 Å². The van der Waals surface area contributed by atoms with Gasteiger partial charge in [-0.3, -0.25) is 9.59 Å². The van der Waals surface area contributed by atoms with Crippen molar-refractivity contribution in [3.63, 3.8) is 0 Å². The van der Waals surface area contributed by atoms with Crippen molar-refractivity contribution in [2.75, 3.05) is 20.8 Å². The molecule has 0 saturated carbocycles. The van der Waals surface area contributed by atoms with Gasteiger partial charge in [-0.1, -0.05) is 81.4 Å². The van der Waals surface area contributed by atoms with E-state index in [0.29, 0.717) is 19.3 Å². The number of hydrogen-bond acceptors (Lipinski definition) is 7. The molecule has 9 heteroatoms. The van der Waals surface area contributed by atoms with Gasteiger partial charge >= 0.3 is 5.97 Å². The molecule has 2 amide bonds. The fourth-order valence-corrected chi connectivity index (χ4v) is 6.12. The Labute approximate surface area is 284 Å². The third-order valence-electron chi connectivity index (χ3n) is 8.61. The van der Waals surface area contributed by atoms with Crippen LogP contribution in [-0.2, 0) is 35.0 Å². The Balaban J connectivity index is 1.51. The molecule has 4 rings (SSSR count). The van der Waals surface area contributed by atoms with Crippen LogP contribution in [0.2, 0.25) is 0 Å². The third kappa shape index (κ3) is 9.45. The van der Waals surface area contributed by atoms with Crippen molar-refractivity contribution in [2.24, 2.45) is 11.3 Å². The van der Waals surface area contributed by atoms with Crippen LogP contribution in [0.4, 0.5) is 0 Å². The number of carbonyl (C=O) groups is 3. The summed E-state index contributed by atoms with van der Waals surface area (Å²) in [4.78, 5) is 40.8. The monoisotopic (exact) mass is 658 g/mol. The van der Waals surface area contributed by atoms with E-state index in [4.69, 9.17) is 18.9 Å². The summed E-state index contributed by atoms with van der Waals surface area (Å²) in [7, 11) is 3.23. The number of rotatable bonds is 14. The van der Waals surface area contributed by atoms with Crippen LogP contribution in [-0.4, -0.2) is 56.5 Å². The number of nitrogens with one attached hydrogen (secondary N) is 2. The molecule has 2 unspecified atom stereocenters. The molecule has 4 atom stereocenters. The van der Waals surface area contributed by atoms with Crippen molar-refractivity contribution < 1.29 is 33.3 Å². The Morgan fingerprint density at radius 2 is 1.67 bits per heavy atom. The molecule has 1 fully saturated rings. The molecule has 0 bridgehead atoms. The number of carbonyl (C=O) groups excluding carboxylic acids is 3. The zero-order valence-corrected chi connectivity index (χ0v) is 29.4. The summed E-state index contributed by atoms with van der Waals surface area (Å²) in [6, 6.07) is 22.5. The minimum atomic E-state index is -1.16. The van der Waals surface area contributed by atoms with Crippen molar-refractivity contribution in [1.29, 1.82) is 0 Å². The summed E-state index contributed by atoms with van der Waals surface area (Å²) in [5, 5.41) is 6.04. The first-order valence-corrected chi connectivity index (χ1v) is 16.5. The van der Waals surface area contributed by atoms with Gasteiger partial charge in [-0.2, -0.15) is 0 Å². The fourth-order valence-electron chi connectivity index (χ4n) is 6.12. The van der Waals surface area contributed by atoms with Crippen LogP contribution >= 0.6 is 0 Å². The van der Waals surface area contributed by atoms with E-state index in [-0.39, 0.29) is 12.5 Å². The van der Waals surface area contributed by atoms with E-state index in [9.17, 15) is 14.4 Å². The minimum Gasteiger partial charge on any atom is -0.497 e. The number of amides is 2. The second-order valence-corrected chi connectivity index (χ2v) is 14.0. The molecular weight excluding hydrogens is 608 g/mol. The van der Waals surface area contributed by atoms with Crippen LogP contribution in [0.5, 0.6) is 5.75 Å². The van der Waals surface area contributed by atoms with Crippen LogP contribution in [0.15, 0.2) is 72.8 Å². The van der Waals surface area contributed by atoms with Crippen LogP contribution in [0, 0.1) is 18.3 Å². The molecule has 1 aliphatic rings. The quantitative estimate of drug-likeness (QED) is 0.195. The second-order valence-electron chi connectivity index (χ2n) is 14.0. The molecule has 0 aliphatic carbocycles. The normalized spacial score (nSPS) is 17.6. The number of cyclic esters (lactones) is 1. The van der Waals surface area contributed by atoms with Crippen LogP contribution in [0.1, 0.15) is 70.2 Å². The van der Waals surface area contributed by atoms with Crippen LogP contribution in [0.25, 0.3) is 11.1 Å². The van der Waals surface area contributed by atoms with Gasteiger partial charge in [-0.25, -0.2) is 4.79 Å². The molecule has 3 aromatic rings. The highest BCUT2D eigenvalue weighted by Crippen LogP contribution is 2.32. The maximum atomic E-state index is 14.1. The van der Waals surface area contributed by atoms with Gasteiger partial charge < -0.3 is 29.6 Å². The van der Waals surface area contributed by atoms with Crippen LogP contribution < -0.4 is 15.4 Å². The van der Waals surface area contributed by atoms with Gasteiger partial charge in [0.25, 0.3) is 0 Å². The molecule has 0 aromatic heterocycles. The maximum Gasteiger partial charge on any atom is 0.338 e. The molecule has 1 aliphatic heterocycles. The molecule has 1 saturated heterocycles. The standard InChI is InChI=1S/C39H50N2O7/c1-25-22-26(20-21-30(25)28-17-13-18-29(23-28)46-8)14-12-19-31(33-37(44)48-39(5,6)47-33)35(42)41-34(38(2,3)4)36(43)40-32(24-45-7)27-15-10-9-11-16-27/h9-11,13,15-18,20-23,31-34H,12,14,19,24H2,1-8H3,(H,40,43)(H,41,42)/t31-,32?,33?,34-/m1/s1. The maximum absolute atomic E-state index is 14.1. The lowest BCUT2D eigenvalue weighted by molar-refractivity contribution is -0.162. The number of hydrogen-bond donors (Lipinski definition) is 2. The summed E-state index contributed by atoms with van der Waals surface area (Å²) >= 11 is 0. The topological polar surface area (TPSA) is 112 Å². The number of aryl methyl sites for hydroxylation is 2. The summed E-state index contributed by atoms with van der Waals surface area (Å²) in [5.74, 6) is -2.58. The van der Waals surface area contributed by atoms with E-state index < -0.39 is 47.2 Å². The predicted molar refractivity (Wildman–Crippen MR) is 185 cm³/mol. The lowest BCUT2D eigenvalue weighted by Crippen LogP contribution is -2.56. The number of methoxy groups -OCH3 is 2. The van der Waals surface area contributed by atoms with Gasteiger partial charge in [0.15, 0.2) is 6.10 Å². The first-order chi connectivity index (χ1) is 22.7. The predicted octanol–water partition coefficient (Wildman–Crippen LogP) is 6.32. The molecule has 2 N–H and O–H groups in total. The molecular formula is C39H50N2O7. The van der Waals surface area contributed by atoms with Crippen LogP contribution in [0.3, 0.4) is 0 Å². The van der Waals surface area contributed by atoms with Gasteiger partial charge in [0.1, 0.15) is 11.8 Å². The van der Waals surface area contributed by atoms with E-state index in [1.165, 1.54) is 0 Å². The van der Waals surface area contributed by atoms with Crippen molar-refractivity contribution in [3.05, 3.63) is 89.5 Å². The fraction of sp³-hybridized carbons (Fsp3) is 0.462. The SMILES string of the molecule is COCC(NC(=O)[C@@H](NC(=O)[C@H](CCCc1ccc(-c2cccc(OC)c2)c(C)c1)C1OC(C)(C)OC1=O)C(C)(C)C)c1ccccc1. The summed E-state index contributed by atoms with van der Waals surface area (Å²) in [6.45, 7) is 11.3. The van der Waals surface area contributed by atoms with E-state index in [0.717, 1.165) is 33.6 Å². The zero-order valence-electron chi connectivity index (χ0n) is 29.4. The minimum absolute atomic E-state index is 0.264. The van der Waals surface area contributed by atoms with Crippen molar-refractivity contribution in [1.82, 2.24) is 10.6 Å². The van der Waals surface area contributed by atoms with Gasteiger partial charge in [-0.15, -0.1) is 0 Å². The summed E-state index contributed by atoms with van der Waals surface area (Å²) < 4.78 is 22.2. The van der Waals surface area contributed by atoms with Gasteiger partial charge in [0.05, 0.1) is 25.7 Å². The summed E-state index contributed by atoms with van der Waals surface area (Å²) in [5.41, 5.74) is 4.68. The average molecular weight is 659 g/mol. The molecule has 0 radical (unpaired) electrons. The highest BCUT2D eigenvalue weighted by molar-refractivity contribution is 5.92.